The molecule has 1 aliphatic heterocycles. The molecule has 3 heteroatoms. The third kappa shape index (κ3) is 2.71. The maximum absolute atomic E-state index is 13.4. The van der Waals surface area contributed by atoms with Gasteiger partial charge in [-0.2, -0.15) is 0 Å². The van der Waals surface area contributed by atoms with Gasteiger partial charge >= 0.3 is 0 Å². The quantitative estimate of drug-likeness (QED) is 0.816. The van der Waals surface area contributed by atoms with Gasteiger partial charge in [-0.15, -0.1) is 0 Å². The molecule has 1 saturated carbocycles. The number of carbonyl (C=O) groups is 1. The Balaban J connectivity index is 1.58. The molecule has 4 rings (SSSR count). The van der Waals surface area contributed by atoms with Gasteiger partial charge in [-0.1, -0.05) is 12.5 Å². The third-order valence-electron chi connectivity index (χ3n) is 6.09. The van der Waals surface area contributed by atoms with Gasteiger partial charge in [0.05, 0.1) is 0 Å². The molecule has 1 heterocycles. The predicted octanol–water partition coefficient (Wildman–Crippen LogP) is 4.20. The normalized spacial score (nSPS) is 30.5. The Bertz CT molecular complexity index is 666. The number of fused-ring (bicyclic) bond motifs is 1. The summed E-state index contributed by atoms with van der Waals surface area (Å²) in [7, 11) is 0. The molecule has 0 amide bonds. The van der Waals surface area contributed by atoms with E-state index in [1.54, 1.807) is 12.1 Å². The highest BCUT2D eigenvalue weighted by Gasteiger charge is 2.42. The van der Waals surface area contributed by atoms with Gasteiger partial charge in [0.15, 0.2) is 5.78 Å². The fourth-order valence-corrected chi connectivity index (χ4v) is 4.98. The van der Waals surface area contributed by atoms with E-state index in [1.165, 1.54) is 30.5 Å². The third-order valence-corrected chi connectivity index (χ3v) is 6.09. The fourth-order valence-electron chi connectivity index (χ4n) is 4.98. The van der Waals surface area contributed by atoms with E-state index < -0.39 is 0 Å². The van der Waals surface area contributed by atoms with Crippen LogP contribution in [0.5, 0.6) is 0 Å². The summed E-state index contributed by atoms with van der Waals surface area (Å²) in [5.41, 5.74) is 3.67. The van der Waals surface area contributed by atoms with Gasteiger partial charge in [-0.3, -0.25) is 4.79 Å². The fraction of sp³-hybridized carbons (Fsp3) is 0.550. The molecule has 2 nitrogen and oxygen atoms in total. The van der Waals surface area contributed by atoms with Crippen LogP contribution >= 0.6 is 0 Å². The predicted molar refractivity (Wildman–Crippen MR) is 88.6 cm³/mol. The standard InChI is InChI=1S/C20H24FNO/c1-13-9-15(21)5-8-18(13)19-4-2-3-14-11-22(12-20(14)19)16-6-7-17(23)10-16/h5,8-10,14,19-20H,2-4,6-7,11-12H2,1H3/t14?,19?,20-/m1/s1. The van der Waals surface area contributed by atoms with Crippen LogP contribution in [0.4, 0.5) is 4.39 Å². The van der Waals surface area contributed by atoms with Crippen molar-refractivity contribution < 1.29 is 9.18 Å². The summed E-state index contributed by atoms with van der Waals surface area (Å²) in [4.78, 5) is 14.0. The van der Waals surface area contributed by atoms with E-state index in [0.29, 0.717) is 18.3 Å². The number of nitrogens with zero attached hydrogens (tertiary/aromatic N) is 1. The second-order valence-corrected chi connectivity index (χ2v) is 7.47. The second-order valence-electron chi connectivity index (χ2n) is 7.47. The number of ketones is 1. The molecule has 1 saturated heterocycles. The van der Waals surface area contributed by atoms with Gasteiger partial charge < -0.3 is 4.90 Å². The summed E-state index contributed by atoms with van der Waals surface area (Å²) in [6.45, 7) is 4.19. The summed E-state index contributed by atoms with van der Waals surface area (Å²) < 4.78 is 13.4. The molecule has 0 spiro atoms. The zero-order valence-electron chi connectivity index (χ0n) is 13.7. The summed E-state index contributed by atoms with van der Waals surface area (Å²) in [5.74, 6) is 2.04. The van der Waals surface area contributed by atoms with Gasteiger partial charge in [0.1, 0.15) is 5.82 Å². The van der Waals surface area contributed by atoms with Crippen LogP contribution < -0.4 is 0 Å². The van der Waals surface area contributed by atoms with Crippen molar-refractivity contribution in [1.29, 1.82) is 0 Å². The number of carbonyl (C=O) groups excluding carboxylic acids is 1. The smallest absolute Gasteiger partial charge is 0.157 e. The first kappa shape index (κ1) is 14.9. The van der Waals surface area contributed by atoms with E-state index in [-0.39, 0.29) is 11.6 Å². The lowest BCUT2D eigenvalue weighted by atomic mass is 9.70. The van der Waals surface area contributed by atoms with Crippen molar-refractivity contribution in [3.63, 3.8) is 0 Å². The number of hydrogen-bond donors (Lipinski definition) is 0. The summed E-state index contributed by atoms with van der Waals surface area (Å²) >= 11 is 0. The monoisotopic (exact) mass is 313 g/mol. The summed E-state index contributed by atoms with van der Waals surface area (Å²) in [5, 5.41) is 0. The minimum absolute atomic E-state index is 0.138. The van der Waals surface area contributed by atoms with Gasteiger partial charge in [0, 0.05) is 31.3 Å². The van der Waals surface area contributed by atoms with Crippen LogP contribution in [0.15, 0.2) is 30.0 Å². The first-order valence-electron chi connectivity index (χ1n) is 8.86. The largest absolute Gasteiger partial charge is 0.374 e. The number of hydrogen-bond acceptors (Lipinski definition) is 2. The molecule has 2 aliphatic carbocycles. The van der Waals surface area contributed by atoms with E-state index in [0.717, 1.165) is 31.0 Å². The average Bonchev–Trinajstić information content (AvgIpc) is 3.13. The highest BCUT2D eigenvalue weighted by atomic mass is 19.1. The topological polar surface area (TPSA) is 20.3 Å². The number of allylic oxidation sites excluding steroid dienone is 2. The van der Waals surface area contributed by atoms with Crippen molar-refractivity contribution in [2.45, 2.75) is 44.9 Å². The molecule has 23 heavy (non-hydrogen) atoms. The number of aryl methyl sites for hydroxylation is 1. The summed E-state index contributed by atoms with van der Waals surface area (Å²) in [6.07, 6.45) is 7.21. The van der Waals surface area contributed by atoms with E-state index in [4.69, 9.17) is 0 Å². The zero-order valence-corrected chi connectivity index (χ0v) is 13.7. The molecule has 122 valence electrons. The van der Waals surface area contributed by atoms with Crippen LogP contribution in [-0.2, 0) is 4.79 Å². The SMILES string of the molecule is Cc1cc(F)ccc1C1CCCC2CN(C3=CC(=O)CC3)C[C@H]21. The van der Waals surface area contributed by atoms with Gasteiger partial charge in [-0.25, -0.2) is 4.39 Å². The Hall–Kier alpha value is -1.64. The number of halogens is 1. The van der Waals surface area contributed by atoms with Gasteiger partial charge in [0.25, 0.3) is 0 Å². The van der Waals surface area contributed by atoms with Crippen LogP contribution in [0.25, 0.3) is 0 Å². The van der Waals surface area contributed by atoms with Crippen LogP contribution in [0, 0.1) is 24.6 Å². The minimum Gasteiger partial charge on any atom is -0.374 e. The molecule has 3 atom stereocenters. The van der Waals surface area contributed by atoms with E-state index in [2.05, 4.69) is 4.90 Å². The molecule has 0 N–H and O–H groups in total. The Morgan fingerprint density at radius 3 is 2.78 bits per heavy atom. The highest BCUT2D eigenvalue weighted by Crippen LogP contribution is 2.47. The van der Waals surface area contributed by atoms with Gasteiger partial charge in [0.2, 0.25) is 0 Å². The maximum Gasteiger partial charge on any atom is 0.157 e. The number of rotatable bonds is 2. The molecule has 1 aromatic rings. The van der Waals surface area contributed by atoms with Crippen LogP contribution in [-0.4, -0.2) is 23.8 Å². The lowest BCUT2D eigenvalue weighted by molar-refractivity contribution is -0.114. The molecule has 0 aromatic heterocycles. The highest BCUT2D eigenvalue weighted by molar-refractivity contribution is 5.92. The van der Waals surface area contributed by atoms with Crippen molar-refractivity contribution in [3.05, 3.63) is 46.9 Å². The van der Waals surface area contributed by atoms with Crippen molar-refractivity contribution in [2.75, 3.05) is 13.1 Å². The maximum atomic E-state index is 13.4. The van der Waals surface area contributed by atoms with Gasteiger partial charge in [-0.05, 0) is 67.2 Å². The molecular formula is C20H24FNO. The van der Waals surface area contributed by atoms with E-state index >= 15 is 0 Å². The first-order valence-corrected chi connectivity index (χ1v) is 8.86. The molecular weight excluding hydrogens is 289 g/mol. The van der Waals surface area contributed by atoms with Crippen molar-refractivity contribution >= 4 is 5.78 Å². The first-order chi connectivity index (χ1) is 11.1. The van der Waals surface area contributed by atoms with Crippen molar-refractivity contribution in [1.82, 2.24) is 4.90 Å². The zero-order chi connectivity index (χ0) is 16.0. The Morgan fingerprint density at radius 2 is 2.04 bits per heavy atom. The lowest BCUT2D eigenvalue weighted by Crippen LogP contribution is -2.26. The van der Waals surface area contributed by atoms with Crippen LogP contribution in [0.1, 0.15) is 49.1 Å². The Morgan fingerprint density at radius 1 is 1.17 bits per heavy atom. The van der Waals surface area contributed by atoms with Crippen molar-refractivity contribution in [2.24, 2.45) is 11.8 Å². The average molecular weight is 313 g/mol. The molecule has 0 bridgehead atoms. The van der Waals surface area contributed by atoms with Crippen LogP contribution in [0.2, 0.25) is 0 Å². The van der Waals surface area contributed by atoms with E-state index in [1.807, 2.05) is 19.1 Å². The van der Waals surface area contributed by atoms with Crippen molar-refractivity contribution in [3.8, 4) is 0 Å². The molecule has 0 radical (unpaired) electrons. The lowest BCUT2D eigenvalue weighted by Gasteiger charge is -2.34. The number of likely N-dealkylation sites (tertiary alicyclic amines) is 1. The molecule has 2 fully saturated rings. The second kappa shape index (κ2) is 5.77. The number of benzene rings is 1. The Labute approximate surface area is 137 Å². The Kier molecular flexibility index (Phi) is 3.74. The minimum atomic E-state index is -0.138. The van der Waals surface area contributed by atoms with Crippen LogP contribution in [0.3, 0.4) is 0 Å². The molecule has 1 aromatic carbocycles. The molecule has 3 aliphatic rings. The summed E-state index contributed by atoms with van der Waals surface area (Å²) in [6, 6.07) is 5.28. The molecule has 2 unspecified atom stereocenters. The van der Waals surface area contributed by atoms with E-state index in [9.17, 15) is 9.18 Å².